The standard InChI is InChI=1S/C45H61NO5/c1-6-11-12-13-14-15-16-17-18-19-20-21-22-23-24-25-30-46-40-35-39(49-32-8-3)36-41(50-33-9-4)42(40)44(47)45(51-34-10-5)43(46)37-26-28-38(29-27-37)48-31-7-2/h7-10,25-30,35-36H,2-6,11-24,31-34H2,1H3. The number of unbranched alkanes of at least 4 members (excludes halogenated alkanes) is 14. The molecule has 0 amide bonds. The number of fused-ring (bicyclic) bond motifs is 1. The molecular weight excluding hydrogens is 634 g/mol. The van der Waals surface area contributed by atoms with Crippen molar-refractivity contribution in [2.75, 3.05) is 26.4 Å². The van der Waals surface area contributed by atoms with E-state index >= 15 is 0 Å². The van der Waals surface area contributed by atoms with E-state index < -0.39 is 0 Å². The Balaban J connectivity index is 1.86. The first-order chi connectivity index (χ1) is 25.1. The highest BCUT2D eigenvalue weighted by Gasteiger charge is 2.23. The molecule has 0 fully saturated rings. The molecule has 0 aliphatic carbocycles. The predicted octanol–water partition coefficient (Wildman–Crippen LogP) is 12.3. The molecule has 0 unspecified atom stereocenters. The molecule has 1 aromatic heterocycles. The zero-order valence-corrected chi connectivity index (χ0v) is 31.2. The second kappa shape index (κ2) is 24.7. The van der Waals surface area contributed by atoms with Crippen LogP contribution in [0.2, 0.25) is 0 Å². The van der Waals surface area contributed by atoms with E-state index in [-0.39, 0.29) is 24.4 Å². The lowest BCUT2D eigenvalue weighted by Gasteiger charge is -2.21. The summed E-state index contributed by atoms with van der Waals surface area (Å²) in [5.74, 6) is 1.88. The Morgan fingerprint density at radius 3 is 1.69 bits per heavy atom. The summed E-state index contributed by atoms with van der Waals surface area (Å²) < 4.78 is 25.9. The molecule has 0 N–H and O–H groups in total. The zero-order valence-electron chi connectivity index (χ0n) is 31.2. The van der Waals surface area contributed by atoms with Gasteiger partial charge in [-0.05, 0) is 37.1 Å². The van der Waals surface area contributed by atoms with Crippen molar-refractivity contribution >= 4 is 17.1 Å². The van der Waals surface area contributed by atoms with Crippen molar-refractivity contribution in [2.45, 2.75) is 103 Å². The average molecular weight is 696 g/mol. The van der Waals surface area contributed by atoms with E-state index in [1.807, 2.05) is 41.1 Å². The maximum absolute atomic E-state index is 14.3. The number of benzene rings is 2. The van der Waals surface area contributed by atoms with Crippen molar-refractivity contribution in [2.24, 2.45) is 0 Å². The van der Waals surface area contributed by atoms with E-state index in [9.17, 15) is 4.79 Å². The molecule has 6 nitrogen and oxygen atoms in total. The Morgan fingerprint density at radius 1 is 0.608 bits per heavy atom. The summed E-state index contributed by atoms with van der Waals surface area (Å²) in [5.41, 5.74) is 1.79. The van der Waals surface area contributed by atoms with Crippen molar-refractivity contribution in [3.63, 3.8) is 0 Å². The molecule has 0 saturated heterocycles. The fourth-order valence-corrected chi connectivity index (χ4v) is 6.15. The van der Waals surface area contributed by atoms with E-state index in [4.69, 9.17) is 18.9 Å². The Kier molecular flexibility index (Phi) is 19.8. The number of ether oxygens (including phenoxy) is 4. The van der Waals surface area contributed by atoms with Gasteiger partial charge in [0, 0.05) is 23.9 Å². The van der Waals surface area contributed by atoms with Crippen LogP contribution in [0.5, 0.6) is 23.0 Å². The third kappa shape index (κ3) is 13.7. The first kappa shape index (κ1) is 41.0. The molecule has 1 heterocycles. The predicted molar refractivity (Wildman–Crippen MR) is 217 cm³/mol. The maximum Gasteiger partial charge on any atom is 0.235 e. The van der Waals surface area contributed by atoms with Gasteiger partial charge in [0.2, 0.25) is 5.43 Å². The van der Waals surface area contributed by atoms with Gasteiger partial charge < -0.3 is 23.5 Å². The molecule has 3 aromatic rings. The molecule has 6 heteroatoms. The fraction of sp³-hybridized carbons (Fsp3) is 0.444. The van der Waals surface area contributed by atoms with Gasteiger partial charge in [-0.15, -0.1) is 0 Å². The SMILES string of the molecule is C=CCOc1ccc(-c2c(OCC=C)c(=O)c3c(OCC=C)cc(OCC=C)cc3n2C=CCCCCCCCCCCCCCCCC)cc1. The van der Waals surface area contributed by atoms with Crippen LogP contribution >= 0.6 is 0 Å². The zero-order chi connectivity index (χ0) is 36.5. The summed E-state index contributed by atoms with van der Waals surface area (Å²) in [7, 11) is 0. The van der Waals surface area contributed by atoms with Crippen molar-refractivity contribution in [3.05, 3.63) is 103 Å². The lowest BCUT2D eigenvalue weighted by atomic mass is 10.0. The molecule has 0 radical (unpaired) electrons. The molecule has 0 aliphatic rings. The number of hydrogen-bond donors (Lipinski definition) is 0. The summed E-state index contributed by atoms with van der Waals surface area (Å²) >= 11 is 0. The number of hydrogen-bond acceptors (Lipinski definition) is 5. The number of rotatable bonds is 29. The van der Waals surface area contributed by atoms with E-state index in [0.717, 1.165) is 18.4 Å². The van der Waals surface area contributed by atoms with E-state index in [1.165, 1.54) is 83.5 Å². The van der Waals surface area contributed by atoms with Crippen LogP contribution in [-0.2, 0) is 0 Å². The van der Waals surface area contributed by atoms with Crippen LogP contribution in [-0.4, -0.2) is 31.0 Å². The lowest BCUT2D eigenvalue weighted by molar-refractivity contribution is 0.346. The van der Waals surface area contributed by atoms with Gasteiger partial charge in [0.1, 0.15) is 43.7 Å². The van der Waals surface area contributed by atoms with Crippen LogP contribution in [0.3, 0.4) is 0 Å². The molecule has 0 atom stereocenters. The lowest BCUT2D eigenvalue weighted by Crippen LogP contribution is -2.16. The summed E-state index contributed by atoms with van der Waals surface area (Å²) in [6.45, 7) is 18.5. The van der Waals surface area contributed by atoms with Crippen LogP contribution in [0.15, 0.2) is 97.9 Å². The minimum absolute atomic E-state index is 0.167. The second-order valence-electron chi connectivity index (χ2n) is 12.9. The fourth-order valence-electron chi connectivity index (χ4n) is 6.15. The molecule has 0 spiro atoms. The number of pyridine rings is 1. The van der Waals surface area contributed by atoms with Gasteiger partial charge in [-0.3, -0.25) is 4.79 Å². The smallest absolute Gasteiger partial charge is 0.235 e. The largest absolute Gasteiger partial charge is 0.490 e. The normalized spacial score (nSPS) is 11.1. The average Bonchev–Trinajstić information content (AvgIpc) is 3.15. The van der Waals surface area contributed by atoms with Crippen molar-refractivity contribution < 1.29 is 18.9 Å². The summed E-state index contributed by atoms with van der Waals surface area (Å²) in [4.78, 5) is 14.3. The van der Waals surface area contributed by atoms with Crippen LogP contribution in [0.4, 0.5) is 0 Å². The summed E-state index contributed by atoms with van der Waals surface area (Å²) in [6.07, 6.45) is 30.4. The minimum Gasteiger partial charge on any atom is -0.490 e. The van der Waals surface area contributed by atoms with E-state index in [1.54, 1.807) is 30.4 Å². The Hall–Kier alpha value is -4.45. The second-order valence-corrected chi connectivity index (χ2v) is 12.9. The molecule has 51 heavy (non-hydrogen) atoms. The minimum atomic E-state index is -0.278. The molecule has 2 aromatic carbocycles. The van der Waals surface area contributed by atoms with Crippen molar-refractivity contribution in [1.82, 2.24) is 4.57 Å². The van der Waals surface area contributed by atoms with E-state index in [2.05, 4.69) is 39.3 Å². The highest BCUT2D eigenvalue weighted by Crippen LogP contribution is 2.38. The Labute approximate surface area is 307 Å². The highest BCUT2D eigenvalue weighted by molar-refractivity contribution is 5.93. The van der Waals surface area contributed by atoms with Crippen molar-refractivity contribution in [1.29, 1.82) is 0 Å². The third-order valence-corrected chi connectivity index (χ3v) is 8.75. The molecule has 0 saturated carbocycles. The van der Waals surface area contributed by atoms with E-state index in [0.29, 0.717) is 47.1 Å². The van der Waals surface area contributed by atoms with Gasteiger partial charge in [-0.25, -0.2) is 0 Å². The first-order valence-electron chi connectivity index (χ1n) is 19.1. The number of allylic oxidation sites excluding steroid dienone is 1. The quantitative estimate of drug-likeness (QED) is 0.0534. The number of nitrogens with zero attached hydrogens (tertiary/aromatic N) is 1. The summed E-state index contributed by atoms with van der Waals surface area (Å²) in [5, 5.41) is 0.401. The monoisotopic (exact) mass is 695 g/mol. The Bertz CT molecular complexity index is 1580. The molecular formula is C45H61NO5. The highest BCUT2D eigenvalue weighted by atomic mass is 16.5. The van der Waals surface area contributed by atoms with Gasteiger partial charge in [0.15, 0.2) is 5.75 Å². The molecule has 0 bridgehead atoms. The van der Waals surface area contributed by atoms with Gasteiger partial charge in [-0.1, -0.05) is 147 Å². The van der Waals surface area contributed by atoms with Crippen LogP contribution < -0.4 is 24.4 Å². The van der Waals surface area contributed by atoms with Gasteiger partial charge in [0.25, 0.3) is 0 Å². The van der Waals surface area contributed by atoms with Gasteiger partial charge in [-0.2, -0.15) is 0 Å². The Morgan fingerprint density at radius 2 is 1.12 bits per heavy atom. The number of aromatic nitrogens is 1. The first-order valence-corrected chi connectivity index (χ1v) is 19.1. The van der Waals surface area contributed by atoms with Crippen molar-refractivity contribution in [3.8, 4) is 34.3 Å². The molecule has 276 valence electrons. The van der Waals surface area contributed by atoms with Gasteiger partial charge >= 0.3 is 0 Å². The van der Waals surface area contributed by atoms with Crippen LogP contribution in [0.1, 0.15) is 103 Å². The molecule has 3 rings (SSSR count). The summed E-state index contributed by atoms with van der Waals surface area (Å²) in [6, 6.07) is 11.3. The maximum atomic E-state index is 14.3. The van der Waals surface area contributed by atoms with Crippen LogP contribution in [0, 0.1) is 0 Å². The van der Waals surface area contributed by atoms with Crippen LogP contribution in [0.25, 0.3) is 28.4 Å². The third-order valence-electron chi connectivity index (χ3n) is 8.75. The van der Waals surface area contributed by atoms with Gasteiger partial charge in [0.05, 0.1) is 16.6 Å². The molecule has 0 aliphatic heterocycles. The topological polar surface area (TPSA) is 58.9 Å².